The predicted octanol–water partition coefficient (Wildman–Crippen LogP) is 2.70. The van der Waals surface area contributed by atoms with Crippen molar-refractivity contribution in [3.63, 3.8) is 0 Å². The molecule has 2 aromatic heterocycles. The number of hydrogen-bond donors (Lipinski definition) is 2. The Kier molecular flexibility index (Phi) is 5.07. The number of carbonyl (C=O) groups is 1. The minimum Gasteiger partial charge on any atom is -0.487 e. The highest BCUT2D eigenvalue weighted by Gasteiger charge is 2.16. The van der Waals surface area contributed by atoms with Gasteiger partial charge in [-0.25, -0.2) is 4.98 Å². The molecule has 1 aromatic carbocycles. The molecule has 1 amide bonds. The molecule has 140 valence electrons. The summed E-state index contributed by atoms with van der Waals surface area (Å²) in [6, 6.07) is 11.5. The van der Waals surface area contributed by atoms with Crippen molar-refractivity contribution in [1.82, 2.24) is 20.0 Å². The molecule has 0 saturated carbocycles. The van der Waals surface area contributed by atoms with Crippen molar-refractivity contribution < 1.29 is 9.53 Å². The third-order valence-electron chi connectivity index (χ3n) is 4.76. The topological polar surface area (TPSA) is 67.7 Å². The van der Waals surface area contributed by atoms with E-state index in [2.05, 4.69) is 22.5 Å². The second-order valence-electron chi connectivity index (χ2n) is 7.04. The first-order valence-corrected chi connectivity index (χ1v) is 9.36. The molecule has 0 radical (unpaired) electrons. The summed E-state index contributed by atoms with van der Waals surface area (Å²) in [4.78, 5) is 17.0. The van der Waals surface area contributed by atoms with Gasteiger partial charge in [0.05, 0.1) is 5.69 Å². The fourth-order valence-electron chi connectivity index (χ4n) is 3.35. The number of pyridine rings is 1. The number of rotatable bonds is 5. The zero-order valence-corrected chi connectivity index (χ0v) is 15.4. The molecular formula is C21H24N4O2. The van der Waals surface area contributed by atoms with Crippen LogP contribution in [0.2, 0.25) is 0 Å². The van der Waals surface area contributed by atoms with Crippen LogP contribution in [-0.2, 0) is 6.61 Å². The molecule has 0 spiro atoms. The van der Waals surface area contributed by atoms with E-state index >= 15 is 0 Å². The molecular weight excluding hydrogens is 340 g/mol. The van der Waals surface area contributed by atoms with Gasteiger partial charge in [-0.05, 0) is 56.1 Å². The Bertz CT molecular complexity index is 944. The van der Waals surface area contributed by atoms with Crippen LogP contribution >= 0.6 is 0 Å². The highest BCUT2D eigenvalue weighted by atomic mass is 16.5. The summed E-state index contributed by atoms with van der Waals surface area (Å²) in [5, 5.41) is 6.39. The monoisotopic (exact) mass is 364 g/mol. The molecule has 1 atom stereocenters. The van der Waals surface area contributed by atoms with E-state index in [1.54, 1.807) is 6.07 Å². The maximum Gasteiger partial charge on any atom is 0.251 e. The summed E-state index contributed by atoms with van der Waals surface area (Å²) < 4.78 is 7.86. The van der Waals surface area contributed by atoms with Gasteiger partial charge in [0.1, 0.15) is 18.0 Å². The largest absolute Gasteiger partial charge is 0.487 e. The fraction of sp³-hybridized carbons (Fsp3) is 0.333. The van der Waals surface area contributed by atoms with Crippen LogP contribution in [0.3, 0.4) is 0 Å². The maximum absolute atomic E-state index is 12.5. The number of ether oxygens (including phenoxy) is 1. The summed E-state index contributed by atoms with van der Waals surface area (Å²) in [5.74, 6) is 0.606. The van der Waals surface area contributed by atoms with E-state index in [9.17, 15) is 4.79 Å². The van der Waals surface area contributed by atoms with Crippen LogP contribution in [0.15, 0.2) is 48.8 Å². The number of carbonyl (C=O) groups excluding carboxylic acids is 1. The molecule has 1 fully saturated rings. The van der Waals surface area contributed by atoms with Crippen LogP contribution in [0.4, 0.5) is 0 Å². The Balaban J connectivity index is 1.40. The van der Waals surface area contributed by atoms with E-state index in [0.717, 1.165) is 37.3 Å². The van der Waals surface area contributed by atoms with Crippen molar-refractivity contribution in [3.05, 3.63) is 65.6 Å². The molecule has 0 bridgehead atoms. The van der Waals surface area contributed by atoms with Crippen molar-refractivity contribution in [2.75, 3.05) is 13.1 Å². The highest BCUT2D eigenvalue weighted by Crippen LogP contribution is 2.16. The summed E-state index contributed by atoms with van der Waals surface area (Å²) in [5.41, 5.74) is 3.54. The molecule has 1 saturated heterocycles. The van der Waals surface area contributed by atoms with Gasteiger partial charge in [0.25, 0.3) is 5.91 Å². The summed E-state index contributed by atoms with van der Waals surface area (Å²) in [7, 11) is 0. The second kappa shape index (κ2) is 7.80. The third-order valence-corrected chi connectivity index (χ3v) is 4.76. The van der Waals surface area contributed by atoms with Crippen molar-refractivity contribution in [1.29, 1.82) is 0 Å². The number of nitrogens with zero attached hydrogens (tertiary/aromatic N) is 2. The molecule has 0 aliphatic carbocycles. The van der Waals surface area contributed by atoms with Gasteiger partial charge in [0.2, 0.25) is 0 Å². The lowest BCUT2D eigenvalue weighted by atomic mass is 10.1. The molecule has 3 aromatic rings. The molecule has 3 heterocycles. The lowest BCUT2D eigenvalue weighted by Gasteiger charge is -2.23. The van der Waals surface area contributed by atoms with Gasteiger partial charge in [0, 0.05) is 30.5 Å². The Hall–Kier alpha value is -2.86. The number of amides is 1. The second-order valence-corrected chi connectivity index (χ2v) is 7.04. The molecule has 4 rings (SSSR count). The molecule has 1 aliphatic rings. The average Bonchev–Trinajstić information content (AvgIpc) is 3.09. The first-order valence-electron chi connectivity index (χ1n) is 9.36. The lowest BCUT2D eigenvalue weighted by molar-refractivity contribution is 0.0930. The van der Waals surface area contributed by atoms with Crippen LogP contribution in [0.5, 0.6) is 5.75 Å². The number of hydrogen-bond acceptors (Lipinski definition) is 4. The lowest BCUT2D eigenvalue weighted by Crippen LogP contribution is -2.45. The van der Waals surface area contributed by atoms with Gasteiger partial charge >= 0.3 is 0 Å². The Morgan fingerprint density at radius 3 is 3.11 bits per heavy atom. The SMILES string of the molecule is Cc1ccc2nc(COc3cccc(C(=O)N[C@H]4CCCNC4)c3)cn2c1. The highest BCUT2D eigenvalue weighted by molar-refractivity contribution is 5.94. The normalized spacial score (nSPS) is 17.0. The van der Waals surface area contributed by atoms with Gasteiger partial charge in [-0.2, -0.15) is 0 Å². The molecule has 6 heteroatoms. The maximum atomic E-state index is 12.5. The molecule has 1 aliphatic heterocycles. The first-order chi connectivity index (χ1) is 13.2. The van der Waals surface area contributed by atoms with Crippen LogP contribution < -0.4 is 15.4 Å². The third kappa shape index (κ3) is 4.28. The van der Waals surface area contributed by atoms with Crippen molar-refractivity contribution in [3.8, 4) is 5.75 Å². The number of benzene rings is 1. The Morgan fingerprint density at radius 2 is 2.26 bits per heavy atom. The Morgan fingerprint density at radius 1 is 1.33 bits per heavy atom. The minimum absolute atomic E-state index is 0.0580. The van der Waals surface area contributed by atoms with Gasteiger partial charge in [-0.1, -0.05) is 12.1 Å². The van der Waals surface area contributed by atoms with Crippen molar-refractivity contribution in [2.45, 2.75) is 32.4 Å². The standard InChI is InChI=1S/C21H24N4O2/c1-15-7-8-20-23-18(13-25(20)12-15)14-27-19-6-2-4-16(10-19)21(26)24-17-5-3-9-22-11-17/h2,4,6-8,10,12-13,17,22H,3,5,9,11,14H2,1H3,(H,24,26)/t17-/m0/s1. The molecule has 27 heavy (non-hydrogen) atoms. The van der Waals surface area contributed by atoms with Gasteiger partial charge < -0.3 is 19.8 Å². The van der Waals surface area contributed by atoms with E-state index in [-0.39, 0.29) is 11.9 Å². The number of aromatic nitrogens is 2. The molecule has 2 N–H and O–H groups in total. The zero-order chi connectivity index (χ0) is 18.6. The van der Waals surface area contributed by atoms with Gasteiger partial charge in [-0.3, -0.25) is 4.79 Å². The van der Waals surface area contributed by atoms with Crippen LogP contribution in [0, 0.1) is 6.92 Å². The number of piperidine rings is 1. The smallest absolute Gasteiger partial charge is 0.251 e. The fourth-order valence-corrected chi connectivity index (χ4v) is 3.35. The Labute approximate surface area is 158 Å². The van der Waals surface area contributed by atoms with Crippen LogP contribution in [0.25, 0.3) is 5.65 Å². The van der Waals surface area contributed by atoms with E-state index in [0.29, 0.717) is 17.9 Å². The van der Waals surface area contributed by atoms with Crippen LogP contribution in [0.1, 0.15) is 34.5 Å². The number of fused-ring (bicyclic) bond motifs is 1. The van der Waals surface area contributed by atoms with Crippen molar-refractivity contribution >= 4 is 11.6 Å². The van der Waals surface area contributed by atoms with Gasteiger partial charge in [0.15, 0.2) is 0 Å². The number of aryl methyl sites for hydroxylation is 1. The van der Waals surface area contributed by atoms with Crippen LogP contribution in [-0.4, -0.2) is 34.4 Å². The zero-order valence-electron chi connectivity index (χ0n) is 15.4. The van der Waals surface area contributed by atoms with Crippen molar-refractivity contribution in [2.24, 2.45) is 0 Å². The summed E-state index contributed by atoms with van der Waals surface area (Å²) in [6.45, 7) is 4.27. The molecule has 0 unspecified atom stereocenters. The van der Waals surface area contributed by atoms with Gasteiger partial charge in [-0.15, -0.1) is 0 Å². The van der Waals surface area contributed by atoms with E-state index in [1.165, 1.54) is 5.56 Å². The summed E-state index contributed by atoms with van der Waals surface area (Å²) >= 11 is 0. The number of nitrogens with one attached hydrogen (secondary N) is 2. The predicted molar refractivity (Wildman–Crippen MR) is 104 cm³/mol. The van der Waals surface area contributed by atoms with E-state index in [1.807, 2.05) is 47.1 Å². The first kappa shape index (κ1) is 17.5. The average molecular weight is 364 g/mol. The summed E-state index contributed by atoms with van der Waals surface area (Å²) in [6.07, 6.45) is 6.11. The van der Waals surface area contributed by atoms with E-state index in [4.69, 9.17) is 4.74 Å². The van der Waals surface area contributed by atoms with E-state index < -0.39 is 0 Å². The minimum atomic E-state index is -0.0580. The number of imidazole rings is 1. The quantitative estimate of drug-likeness (QED) is 0.730. The molecule has 6 nitrogen and oxygen atoms in total.